The molecule has 0 amide bonds. The van der Waals surface area contributed by atoms with Crippen LogP contribution in [-0.4, -0.2) is 79.2 Å². The first-order chi connectivity index (χ1) is 16.2. The molecule has 4 unspecified atom stereocenters. The lowest BCUT2D eigenvalue weighted by Gasteiger charge is -2.38. The van der Waals surface area contributed by atoms with E-state index in [0.29, 0.717) is 12.8 Å². The van der Waals surface area contributed by atoms with Gasteiger partial charge in [-0.2, -0.15) is 0 Å². The van der Waals surface area contributed by atoms with E-state index in [1.54, 1.807) is 6.92 Å². The number of unbranched alkanes of at least 4 members (excludes halogenated alkanes) is 13. The van der Waals surface area contributed by atoms with Crippen molar-refractivity contribution in [3.8, 4) is 0 Å². The van der Waals surface area contributed by atoms with Gasteiger partial charge in [0.2, 0.25) is 0 Å². The second-order valence-electron chi connectivity index (χ2n) is 9.28. The number of hydrogen-bond acceptors (Lipinski definition) is 6. The van der Waals surface area contributed by atoms with Gasteiger partial charge in [-0.3, -0.25) is 14.5 Å². The number of aliphatic carboxylic acids is 3. The van der Waals surface area contributed by atoms with E-state index in [9.17, 15) is 34.8 Å². The van der Waals surface area contributed by atoms with Crippen LogP contribution in [0.5, 0.6) is 0 Å². The summed E-state index contributed by atoms with van der Waals surface area (Å²) in [6.45, 7) is 2.93. The summed E-state index contributed by atoms with van der Waals surface area (Å²) >= 11 is 0. The molecule has 0 aromatic rings. The maximum atomic E-state index is 11.7. The minimum absolute atomic E-state index is 0.429. The van der Waals surface area contributed by atoms with Crippen LogP contribution in [-0.2, 0) is 14.4 Å². The molecule has 9 nitrogen and oxygen atoms in total. The Morgan fingerprint density at radius 2 is 1.09 bits per heavy atom. The van der Waals surface area contributed by atoms with Gasteiger partial charge in [-0.05, 0) is 13.3 Å². The van der Waals surface area contributed by atoms with Crippen molar-refractivity contribution >= 4 is 17.9 Å². The van der Waals surface area contributed by atoms with Crippen molar-refractivity contribution in [2.45, 2.75) is 134 Å². The molecule has 200 valence electrons. The van der Waals surface area contributed by atoms with Gasteiger partial charge in [-0.15, -0.1) is 0 Å². The zero-order valence-corrected chi connectivity index (χ0v) is 21.0. The van der Waals surface area contributed by atoms with Crippen LogP contribution in [0.4, 0.5) is 0 Å². The lowest BCUT2D eigenvalue weighted by Crippen LogP contribution is -2.61. The first-order valence-electron chi connectivity index (χ1n) is 12.9. The first kappa shape index (κ1) is 32.3. The molecule has 0 aliphatic rings. The smallest absolute Gasteiger partial charge is 0.334 e. The van der Waals surface area contributed by atoms with Gasteiger partial charge in [0.05, 0.1) is 6.61 Å². The highest BCUT2D eigenvalue weighted by Gasteiger charge is 2.44. The molecule has 4 atom stereocenters. The number of carboxylic acid groups (broad SMARTS) is 3. The van der Waals surface area contributed by atoms with Crippen molar-refractivity contribution in [3.63, 3.8) is 0 Å². The molecule has 0 rings (SSSR count). The van der Waals surface area contributed by atoms with Gasteiger partial charge in [0.15, 0.2) is 6.10 Å². The van der Waals surface area contributed by atoms with E-state index in [1.165, 1.54) is 64.2 Å². The standard InChI is InChI=1S/C25H47NO8/c1-3-4-5-6-7-8-9-10-11-12-13-14-15-16-17-19(2)26(20(18-27)23(29)30)21(24(31)32)22(28)25(33)34/h19-22,27-28H,3-18H2,1-2H3,(H,29,30)(H,31,32)(H,33,34). The van der Waals surface area contributed by atoms with Crippen molar-refractivity contribution in [3.05, 3.63) is 0 Å². The average molecular weight is 490 g/mol. The fraction of sp³-hybridized carbons (Fsp3) is 0.880. The van der Waals surface area contributed by atoms with Crippen LogP contribution in [0, 0.1) is 0 Å². The SMILES string of the molecule is CCCCCCCCCCCCCCCCC(C)N(C(CO)C(=O)O)C(C(=O)O)C(O)C(=O)O. The van der Waals surface area contributed by atoms with Crippen molar-refractivity contribution < 1.29 is 39.9 Å². The Morgan fingerprint density at radius 3 is 1.41 bits per heavy atom. The zero-order chi connectivity index (χ0) is 25.9. The lowest BCUT2D eigenvalue weighted by atomic mass is 9.99. The Labute approximate surface area is 204 Å². The first-order valence-corrected chi connectivity index (χ1v) is 12.9. The minimum Gasteiger partial charge on any atom is -0.480 e. The summed E-state index contributed by atoms with van der Waals surface area (Å²) in [5, 5.41) is 47.4. The molecular weight excluding hydrogens is 442 g/mol. The van der Waals surface area contributed by atoms with Crippen LogP contribution >= 0.6 is 0 Å². The molecule has 0 radical (unpaired) electrons. The highest BCUT2D eigenvalue weighted by Crippen LogP contribution is 2.21. The largest absolute Gasteiger partial charge is 0.480 e. The molecule has 0 aliphatic heterocycles. The topological polar surface area (TPSA) is 156 Å². The number of rotatable bonds is 23. The number of aliphatic hydroxyl groups excluding tert-OH is 2. The third-order valence-corrected chi connectivity index (χ3v) is 6.43. The predicted molar refractivity (Wildman–Crippen MR) is 130 cm³/mol. The van der Waals surface area contributed by atoms with Crippen LogP contribution < -0.4 is 0 Å². The molecule has 0 saturated carbocycles. The van der Waals surface area contributed by atoms with E-state index in [-0.39, 0.29) is 0 Å². The van der Waals surface area contributed by atoms with Crippen LogP contribution in [0.1, 0.15) is 110 Å². The maximum Gasteiger partial charge on any atom is 0.334 e. The molecule has 0 aromatic carbocycles. The zero-order valence-electron chi connectivity index (χ0n) is 21.0. The van der Waals surface area contributed by atoms with Gasteiger partial charge >= 0.3 is 17.9 Å². The van der Waals surface area contributed by atoms with Gasteiger partial charge < -0.3 is 25.5 Å². The van der Waals surface area contributed by atoms with Crippen LogP contribution in [0.25, 0.3) is 0 Å². The van der Waals surface area contributed by atoms with E-state index in [0.717, 1.165) is 24.2 Å². The summed E-state index contributed by atoms with van der Waals surface area (Å²) < 4.78 is 0. The van der Waals surface area contributed by atoms with Gasteiger partial charge in [-0.1, -0.05) is 96.8 Å². The number of nitrogens with zero attached hydrogens (tertiary/aromatic N) is 1. The third kappa shape index (κ3) is 13.2. The normalized spacial score (nSPS) is 15.1. The molecule has 0 spiro atoms. The highest BCUT2D eigenvalue weighted by atomic mass is 16.4. The fourth-order valence-electron chi connectivity index (χ4n) is 4.42. The molecular formula is C25H47NO8. The fourth-order valence-corrected chi connectivity index (χ4v) is 4.42. The molecule has 0 bridgehead atoms. The second-order valence-corrected chi connectivity index (χ2v) is 9.28. The van der Waals surface area contributed by atoms with Crippen molar-refractivity contribution in [2.75, 3.05) is 6.61 Å². The average Bonchev–Trinajstić information content (AvgIpc) is 2.78. The number of aliphatic hydroxyl groups is 2. The monoisotopic (exact) mass is 489 g/mol. The third-order valence-electron chi connectivity index (χ3n) is 6.43. The van der Waals surface area contributed by atoms with E-state index in [1.807, 2.05) is 0 Å². The Hall–Kier alpha value is -1.71. The quantitative estimate of drug-likeness (QED) is 0.134. The number of carboxylic acids is 3. The van der Waals surface area contributed by atoms with Crippen molar-refractivity contribution in [1.29, 1.82) is 0 Å². The van der Waals surface area contributed by atoms with Crippen LogP contribution in [0.2, 0.25) is 0 Å². The number of hydrogen-bond donors (Lipinski definition) is 5. The molecule has 0 heterocycles. The van der Waals surface area contributed by atoms with Crippen LogP contribution in [0.3, 0.4) is 0 Å². The summed E-state index contributed by atoms with van der Waals surface area (Å²) in [4.78, 5) is 35.4. The Balaban J connectivity index is 4.41. The lowest BCUT2D eigenvalue weighted by molar-refractivity contribution is -0.169. The van der Waals surface area contributed by atoms with E-state index in [4.69, 9.17) is 5.11 Å². The molecule has 0 saturated heterocycles. The van der Waals surface area contributed by atoms with E-state index in [2.05, 4.69) is 6.92 Å². The molecule has 0 fully saturated rings. The van der Waals surface area contributed by atoms with Crippen LogP contribution in [0.15, 0.2) is 0 Å². The molecule has 9 heteroatoms. The second kappa shape index (κ2) is 19.6. The van der Waals surface area contributed by atoms with Gasteiger partial charge in [0, 0.05) is 6.04 Å². The molecule has 0 aromatic heterocycles. The summed E-state index contributed by atoms with van der Waals surface area (Å²) in [6, 6.07) is -4.26. The minimum atomic E-state index is -2.32. The Morgan fingerprint density at radius 1 is 0.676 bits per heavy atom. The molecule has 5 N–H and O–H groups in total. The van der Waals surface area contributed by atoms with Crippen molar-refractivity contribution in [2.24, 2.45) is 0 Å². The van der Waals surface area contributed by atoms with E-state index >= 15 is 0 Å². The van der Waals surface area contributed by atoms with Gasteiger partial charge in [0.1, 0.15) is 12.1 Å². The van der Waals surface area contributed by atoms with Gasteiger partial charge in [-0.25, -0.2) is 4.79 Å². The molecule has 0 aliphatic carbocycles. The summed E-state index contributed by atoms with van der Waals surface area (Å²) in [7, 11) is 0. The summed E-state index contributed by atoms with van der Waals surface area (Å²) in [5.41, 5.74) is 0. The molecule has 34 heavy (non-hydrogen) atoms. The highest BCUT2D eigenvalue weighted by molar-refractivity contribution is 5.85. The maximum absolute atomic E-state index is 11.7. The summed E-state index contributed by atoms with van der Waals surface area (Å²) in [5.74, 6) is -4.88. The summed E-state index contributed by atoms with van der Waals surface area (Å²) in [6.07, 6.45) is 14.8. The Kier molecular flexibility index (Phi) is 18.6. The number of carbonyl (C=O) groups is 3. The predicted octanol–water partition coefficient (Wildman–Crippen LogP) is 3.89. The Bertz CT molecular complexity index is 571. The van der Waals surface area contributed by atoms with E-state index < -0.39 is 48.7 Å². The van der Waals surface area contributed by atoms with Gasteiger partial charge in [0.25, 0.3) is 0 Å². The van der Waals surface area contributed by atoms with Crippen molar-refractivity contribution in [1.82, 2.24) is 4.90 Å².